The molecule has 0 fully saturated rings. The Morgan fingerprint density at radius 1 is 1.09 bits per heavy atom. The van der Waals surface area contributed by atoms with E-state index in [-0.39, 0.29) is 5.56 Å². The third kappa shape index (κ3) is 5.69. The van der Waals surface area contributed by atoms with Gasteiger partial charge in [0.05, 0.1) is 28.8 Å². The van der Waals surface area contributed by atoms with Gasteiger partial charge in [0.2, 0.25) is 0 Å². The fourth-order valence-electron chi connectivity index (χ4n) is 3.17. The Bertz CT molecular complexity index is 1190. The second kappa shape index (κ2) is 10.5. The fraction of sp³-hybridized carbons (Fsp3) is 0.154. The van der Waals surface area contributed by atoms with E-state index >= 15 is 0 Å². The zero-order valence-electron chi connectivity index (χ0n) is 17.8. The summed E-state index contributed by atoms with van der Waals surface area (Å²) in [5.74, 6) is -0.0951. The first-order valence-corrected chi connectivity index (χ1v) is 10.4. The fourth-order valence-corrected chi connectivity index (χ4v) is 3.44. The Balaban J connectivity index is 1.91. The largest absolute Gasteiger partial charge is 0.490 e. The summed E-state index contributed by atoms with van der Waals surface area (Å²) in [7, 11) is 0. The number of hydrogen-bond acceptors (Lipinski definition) is 4. The van der Waals surface area contributed by atoms with E-state index in [1.165, 1.54) is 12.1 Å². The lowest BCUT2D eigenvalue weighted by Crippen LogP contribution is -2.01. The molecule has 0 bridgehead atoms. The molecule has 3 rings (SSSR count). The number of aryl methyl sites for hydroxylation is 1. The number of benzene rings is 3. The van der Waals surface area contributed by atoms with Crippen molar-refractivity contribution in [1.82, 2.24) is 0 Å². The van der Waals surface area contributed by atoms with E-state index in [9.17, 15) is 10.1 Å². The molecule has 1 N–H and O–H groups in total. The van der Waals surface area contributed by atoms with Crippen molar-refractivity contribution >= 4 is 29.2 Å². The van der Waals surface area contributed by atoms with Crippen LogP contribution in [0.5, 0.6) is 11.5 Å². The average Bonchev–Trinajstić information content (AvgIpc) is 2.77. The van der Waals surface area contributed by atoms with Crippen LogP contribution in [-0.2, 0) is 6.61 Å². The van der Waals surface area contributed by atoms with Crippen LogP contribution < -0.4 is 9.47 Å². The molecule has 0 radical (unpaired) electrons. The van der Waals surface area contributed by atoms with Crippen molar-refractivity contribution in [3.8, 4) is 17.6 Å². The first-order chi connectivity index (χ1) is 15.4. The molecule has 32 heavy (non-hydrogen) atoms. The molecule has 0 aliphatic heterocycles. The highest BCUT2D eigenvalue weighted by atomic mass is 35.5. The number of hydrogen-bond donors (Lipinski definition) is 1. The molecule has 3 aromatic carbocycles. The van der Waals surface area contributed by atoms with Crippen LogP contribution in [0, 0.1) is 18.3 Å². The van der Waals surface area contributed by atoms with Crippen molar-refractivity contribution < 1.29 is 19.4 Å². The summed E-state index contributed by atoms with van der Waals surface area (Å²) >= 11 is 6.51. The molecule has 0 aromatic heterocycles. The molecule has 162 valence electrons. The van der Waals surface area contributed by atoms with Crippen LogP contribution in [0.2, 0.25) is 5.02 Å². The first-order valence-electron chi connectivity index (χ1n) is 10.0. The van der Waals surface area contributed by atoms with Crippen LogP contribution >= 0.6 is 11.6 Å². The quantitative estimate of drug-likeness (QED) is 0.319. The number of rotatable bonds is 8. The lowest BCUT2D eigenvalue weighted by Gasteiger charge is -2.15. The number of nitriles is 1. The molecule has 0 spiro atoms. The number of nitrogens with zero attached hydrogens (tertiary/aromatic N) is 1. The number of ether oxygens (including phenoxy) is 2. The molecule has 0 aliphatic carbocycles. The van der Waals surface area contributed by atoms with Gasteiger partial charge in [-0.2, -0.15) is 5.26 Å². The normalized spacial score (nSPS) is 11.0. The van der Waals surface area contributed by atoms with E-state index in [4.69, 9.17) is 26.2 Å². The van der Waals surface area contributed by atoms with Crippen molar-refractivity contribution in [1.29, 1.82) is 5.26 Å². The molecular formula is C26H22ClNO4. The van der Waals surface area contributed by atoms with Crippen LogP contribution in [0.3, 0.4) is 0 Å². The van der Waals surface area contributed by atoms with Crippen molar-refractivity contribution in [3.63, 3.8) is 0 Å². The van der Waals surface area contributed by atoms with Crippen molar-refractivity contribution in [2.75, 3.05) is 6.61 Å². The molecule has 5 nitrogen and oxygen atoms in total. The van der Waals surface area contributed by atoms with Gasteiger partial charge < -0.3 is 14.6 Å². The lowest BCUT2D eigenvalue weighted by atomic mass is 10.0. The maximum absolute atomic E-state index is 11.1. The minimum absolute atomic E-state index is 0.155. The smallest absolute Gasteiger partial charge is 0.335 e. The van der Waals surface area contributed by atoms with Crippen LogP contribution in [0.4, 0.5) is 0 Å². The molecule has 0 saturated carbocycles. The summed E-state index contributed by atoms with van der Waals surface area (Å²) in [6, 6.07) is 19.8. The summed E-state index contributed by atoms with van der Waals surface area (Å²) < 4.78 is 11.7. The van der Waals surface area contributed by atoms with E-state index in [1.54, 1.807) is 30.3 Å². The molecule has 0 atom stereocenters. The number of aromatic carboxylic acids is 1. The monoisotopic (exact) mass is 447 g/mol. The molecule has 6 heteroatoms. The summed E-state index contributed by atoms with van der Waals surface area (Å²) in [4.78, 5) is 11.1. The van der Waals surface area contributed by atoms with Gasteiger partial charge in [0.25, 0.3) is 0 Å². The van der Waals surface area contributed by atoms with Crippen LogP contribution in [0.15, 0.2) is 60.7 Å². The highest BCUT2D eigenvalue weighted by Crippen LogP contribution is 2.38. The van der Waals surface area contributed by atoms with Crippen molar-refractivity contribution in [2.45, 2.75) is 20.5 Å². The van der Waals surface area contributed by atoms with Crippen molar-refractivity contribution in [3.05, 3.63) is 93.5 Å². The van der Waals surface area contributed by atoms with Crippen LogP contribution in [-0.4, -0.2) is 17.7 Å². The standard InChI is InChI=1S/C26H22ClNO4/c1-3-31-24-14-19(12-22(15-28)20-7-9-21(10-8-20)26(29)30)13-23(27)25(24)32-16-18-6-4-5-17(2)11-18/h4-14H,3,16H2,1-2H3,(H,29,30)/b22-12-. The van der Waals surface area contributed by atoms with Gasteiger partial charge in [0, 0.05) is 0 Å². The minimum atomic E-state index is -1.02. The van der Waals surface area contributed by atoms with Gasteiger partial charge in [0.15, 0.2) is 11.5 Å². The Labute approximate surface area is 192 Å². The van der Waals surface area contributed by atoms with E-state index in [0.717, 1.165) is 11.1 Å². The molecule has 0 amide bonds. The molecule has 3 aromatic rings. The Morgan fingerprint density at radius 2 is 1.81 bits per heavy atom. The van der Waals surface area contributed by atoms with Crippen molar-refractivity contribution in [2.24, 2.45) is 0 Å². The second-order valence-electron chi connectivity index (χ2n) is 7.09. The predicted octanol–water partition coefficient (Wildman–Crippen LogP) is 6.39. The Kier molecular flexibility index (Phi) is 7.54. The Morgan fingerprint density at radius 3 is 2.44 bits per heavy atom. The number of halogens is 1. The summed E-state index contributed by atoms with van der Waals surface area (Å²) in [5.41, 5.74) is 3.95. The molecule has 0 heterocycles. The van der Waals surface area contributed by atoms with Crippen LogP contribution in [0.1, 0.15) is 39.5 Å². The van der Waals surface area contributed by atoms with Gasteiger partial charge in [-0.25, -0.2) is 4.79 Å². The summed E-state index contributed by atoms with van der Waals surface area (Å²) in [5, 5.41) is 19.0. The molecule has 0 saturated heterocycles. The molecular weight excluding hydrogens is 426 g/mol. The van der Waals surface area contributed by atoms with Gasteiger partial charge in [-0.05, 0) is 60.9 Å². The SMILES string of the molecule is CCOc1cc(/C=C(/C#N)c2ccc(C(=O)O)cc2)cc(Cl)c1OCc1cccc(C)c1. The van der Waals surface area contributed by atoms with Gasteiger partial charge in [-0.1, -0.05) is 53.6 Å². The van der Waals surface area contributed by atoms with Gasteiger partial charge in [-0.3, -0.25) is 0 Å². The van der Waals surface area contributed by atoms with E-state index < -0.39 is 5.97 Å². The van der Waals surface area contributed by atoms with Gasteiger partial charge >= 0.3 is 5.97 Å². The maximum Gasteiger partial charge on any atom is 0.335 e. The van der Waals surface area contributed by atoms with Gasteiger partial charge in [0.1, 0.15) is 6.61 Å². The van der Waals surface area contributed by atoms with E-state index in [2.05, 4.69) is 6.07 Å². The second-order valence-corrected chi connectivity index (χ2v) is 7.50. The molecule has 0 unspecified atom stereocenters. The third-order valence-corrected chi connectivity index (χ3v) is 4.95. The molecule has 0 aliphatic rings. The zero-order chi connectivity index (χ0) is 23.1. The van der Waals surface area contributed by atoms with E-state index in [0.29, 0.717) is 46.4 Å². The zero-order valence-corrected chi connectivity index (χ0v) is 18.5. The highest BCUT2D eigenvalue weighted by Gasteiger charge is 2.14. The lowest BCUT2D eigenvalue weighted by molar-refractivity contribution is 0.0697. The summed E-state index contributed by atoms with van der Waals surface area (Å²) in [6.45, 7) is 4.65. The van der Waals surface area contributed by atoms with Gasteiger partial charge in [-0.15, -0.1) is 0 Å². The average molecular weight is 448 g/mol. The predicted molar refractivity (Wildman–Crippen MR) is 125 cm³/mol. The van der Waals surface area contributed by atoms with E-state index in [1.807, 2.05) is 38.1 Å². The summed E-state index contributed by atoms with van der Waals surface area (Å²) in [6.07, 6.45) is 1.68. The number of carbonyl (C=O) groups is 1. The minimum Gasteiger partial charge on any atom is -0.490 e. The number of allylic oxidation sites excluding steroid dienone is 1. The highest BCUT2D eigenvalue weighted by molar-refractivity contribution is 6.32. The third-order valence-electron chi connectivity index (χ3n) is 4.67. The first kappa shape index (κ1) is 22.9. The maximum atomic E-state index is 11.1. The number of carboxylic acid groups (broad SMARTS) is 1. The Hall–Kier alpha value is -3.75. The number of carboxylic acids is 1. The van der Waals surface area contributed by atoms with Crippen LogP contribution in [0.25, 0.3) is 11.6 Å². The topological polar surface area (TPSA) is 79.5 Å².